The fraction of sp³-hybridized carbons (Fsp3) is 0.800. The molecule has 1 heterocycles. The molecule has 1 fully saturated rings. The third-order valence-corrected chi connectivity index (χ3v) is 1.38. The summed E-state index contributed by atoms with van der Waals surface area (Å²) in [5.41, 5.74) is 0. The molecule has 0 saturated carbocycles. The minimum Gasteiger partial charge on any atom is -0.391 e. The Balaban J connectivity index is 2.41. The molecule has 0 amide bonds. The van der Waals surface area contributed by atoms with Crippen LogP contribution in [0.2, 0.25) is 0 Å². The van der Waals surface area contributed by atoms with Crippen molar-refractivity contribution in [2.45, 2.75) is 18.6 Å². The van der Waals surface area contributed by atoms with Crippen molar-refractivity contribution in [1.29, 1.82) is 0 Å². The van der Waals surface area contributed by atoms with Crippen LogP contribution in [0.1, 0.15) is 6.42 Å². The molecule has 1 saturated heterocycles. The average molecular weight is 115 g/mol. The summed E-state index contributed by atoms with van der Waals surface area (Å²) in [6, 6.07) is -0.310. The number of nitrogens with one attached hydrogen (secondary N) is 1. The van der Waals surface area contributed by atoms with Crippen molar-refractivity contribution in [3.63, 3.8) is 0 Å². The van der Waals surface area contributed by atoms with E-state index in [9.17, 15) is 4.79 Å². The summed E-state index contributed by atoms with van der Waals surface area (Å²) in [6.07, 6.45) is 0.994. The molecule has 1 unspecified atom stereocenters. The van der Waals surface area contributed by atoms with Gasteiger partial charge in [-0.1, -0.05) is 0 Å². The molecule has 0 aromatic carbocycles. The molecule has 3 nitrogen and oxygen atoms in total. The number of aldehydes is 1. The summed E-state index contributed by atoms with van der Waals surface area (Å²) < 4.78 is 0. The highest BCUT2D eigenvalue weighted by Crippen LogP contribution is 2.02. The Morgan fingerprint density at radius 3 is 2.75 bits per heavy atom. The third-order valence-electron chi connectivity index (χ3n) is 1.38. The average Bonchev–Trinajstić information content (AvgIpc) is 2.14. The Bertz CT molecular complexity index is 94.4. The van der Waals surface area contributed by atoms with Gasteiger partial charge in [-0.25, -0.2) is 0 Å². The van der Waals surface area contributed by atoms with Gasteiger partial charge in [0.1, 0.15) is 6.29 Å². The van der Waals surface area contributed by atoms with Gasteiger partial charge in [0.05, 0.1) is 12.1 Å². The highest BCUT2D eigenvalue weighted by molar-refractivity contribution is 5.59. The maximum absolute atomic E-state index is 10.00. The molecule has 0 aromatic rings. The predicted octanol–water partition coefficient (Wildman–Crippen LogP) is -1.09. The molecule has 1 aliphatic heterocycles. The topological polar surface area (TPSA) is 49.3 Å². The Kier molecular flexibility index (Phi) is 1.60. The van der Waals surface area contributed by atoms with Crippen LogP contribution in [0.15, 0.2) is 0 Å². The van der Waals surface area contributed by atoms with Crippen molar-refractivity contribution in [2.24, 2.45) is 0 Å². The van der Waals surface area contributed by atoms with Crippen LogP contribution in [0.25, 0.3) is 0 Å². The minimum absolute atomic E-state index is 0.310. The lowest BCUT2D eigenvalue weighted by molar-refractivity contribution is -0.110. The summed E-state index contributed by atoms with van der Waals surface area (Å²) in [7, 11) is 0. The third kappa shape index (κ3) is 0.877. The van der Waals surface area contributed by atoms with Crippen LogP contribution >= 0.6 is 0 Å². The Labute approximate surface area is 47.7 Å². The second kappa shape index (κ2) is 2.24. The second-order valence-electron chi connectivity index (χ2n) is 1.97. The largest absolute Gasteiger partial charge is 0.391 e. The quantitative estimate of drug-likeness (QED) is 0.427. The van der Waals surface area contributed by atoms with E-state index >= 15 is 0 Å². The zero-order chi connectivity index (χ0) is 5.98. The van der Waals surface area contributed by atoms with Gasteiger partial charge < -0.3 is 15.2 Å². The fourth-order valence-electron chi connectivity index (χ4n) is 0.852. The molecule has 8 heavy (non-hydrogen) atoms. The van der Waals surface area contributed by atoms with Gasteiger partial charge in [-0.2, -0.15) is 0 Å². The van der Waals surface area contributed by atoms with Gasteiger partial charge in [-0.3, -0.25) is 0 Å². The first-order valence-electron chi connectivity index (χ1n) is 2.71. The molecular weight excluding hydrogens is 106 g/mol. The summed E-state index contributed by atoms with van der Waals surface area (Å²) in [6.45, 7) is 0.755. The molecule has 0 bridgehead atoms. The monoisotopic (exact) mass is 115 g/mol. The van der Waals surface area contributed by atoms with Crippen LogP contribution in [0.4, 0.5) is 0 Å². The van der Waals surface area contributed by atoms with Crippen molar-refractivity contribution in [1.82, 2.24) is 5.32 Å². The first kappa shape index (κ1) is 5.72. The van der Waals surface area contributed by atoms with Crippen LogP contribution in [0.3, 0.4) is 0 Å². The van der Waals surface area contributed by atoms with Crippen LogP contribution in [0, 0.1) is 0 Å². The van der Waals surface area contributed by atoms with Gasteiger partial charge in [0, 0.05) is 0 Å². The van der Waals surface area contributed by atoms with E-state index in [4.69, 9.17) is 5.11 Å². The first-order valence-corrected chi connectivity index (χ1v) is 2.71. The Hall–Kier alpha value is -0.410. The van der Waals surface area contributed by atoms with E-state index in [2.05, 4.69) is 5.32 Å². The molecule has 0 aliphatic carbocycles. The molecule has 2 atom stereocenters. The Morgan fingerprint density at radius 2 is 2.50 bits per heavy atom. The van der Waals surface area contributed by atoms with E-state index < -0.39 is 6.10 Å². The number of aliphatic hydroxyl groups excluding tert-OH is 1. The second-order valence-corrected chi connectivity index (χ2v) is 1.97. The maximum Gasteiger partial charge on any atom is 0.139 e. The molecule has 3 heteroatoms. The molecule has 0 spiro atoms. The molecule has 0 radical (unpaired) electrons. The van der Waals surface area contributed by atoms with Gasteiger partial charge >= 0.3 is 0 Å². The van der Waals surface area contributed by atoms with Gasteiger partial charge in [-0.05, 0) is 13.0 Å². The van der Waals surface area contributed by atoms with Crippen LogP contribution < -0.4 is 5.32 Å². The van der Waals surface area contributed by atoms with E-state index in [-0.39, 0.29) is 6.04 Å². The van der Waals surface area contributed by atoms with E-state index in [0.717, 1.165) is 12.8 Å². The van der Waals surface area contributed by atoms with E-state index in [0.29, 0.717) is 6.42 Å². The van der Waals surface area contributed by atoms with Crippen molar-refractivity contribution >= 4 is 6.29 Å². The van der Waals surface area contributed by atoms with Gasteiger partial charge in [0.2, 0.25) is 0 Å². The number of carbonyl (C=O) groups is 1. The minimum atomic E-state index is -0.451. The van der Waals surface area contributed by atoms with Gasteiger partial charge in [0.15, 0.2) is 0 Å². The summed E-state index contributed by atoms with van der Waals surface area (Å²) >= 11 is 0. The lowest BCUT2D eigenvalue weighted by Crippen LogP contribution is -2.31. The molecule has 2 N–H and O–H groups in total. The highest BCUT2D eigenvalue weighted by Gasteiger charge is 2.22. The van der Waals surface area contributed by atoms with Gasteiger partial charge in [-0.15, -0.1) is 0 Å². The molecule has 0 aromatic heterocycles. The summed E-state index contributed by atoms with van der Waals surface area (Å²) in [4.78, 5) is 10.00. The van der Waals surface area contributed by atoms with E-state index in [1.54, 1.807) is 0 Å². The van der Waals surface area contributed by atoms with E-state index in [1.807, 2.05) is 0 Å². The van der Waals surface area contributed by atoms with Crippen molar-refractivity contribution in [3.05, 3.63) is 0 Å². The van der Waals surface area contributed by atoms with Crippen LogP contribution in [-0.4, -0.2) is 30.1 Å². The lowest BCUT2D eigenvalue weighted by atomic mass is 10.2. The normalized spacial score (nSPS) is 37.6. The molecule has 1 rings (SSSR count). The summed E-state index contributed by atoms with van der Waals surface area (Å²) in [5.74, 6) is 0. The van der Waals surface area contributed by atoms with E-state index in [1.165, 1.54) is 0 Å². The molecule has 46 valence electrons. The number of hydrogen-bond acceptors (Lipinski definition) is 3. The lowest BCUT2D eigenvalue weighted by Gasteiger charge is -2.03. The standard InChI is InChI=1S/C5H9NO2/c7-3-4-5(8)1-2-6-4/h3-6,8H,1-2H2/t4?,5-/m0/s1. The number of rotatable bonds is 1. The number of carbonyl (C=O) groups excluding carboxylic acids is 1. The number of aliphatic hydroxyl groups is 1. The molecular formula is C5H9NO2. The Morgan fingerprint density at radius 1 is 1.75 bits per heavy atom. The van der Waals surface area contributed by atoms with Crippen LogP contribution in [0.5, 0.6) is 0 Å². The predicted molar refractivity (Wildman–Crippen MR) is 28.5 cm³/mol. The zero-order valence-corrected chi connectivity index (χ0v) is 4.50. The fourth-order valence-corrected chi connectivity index (χ4v) is 0.852. The smallest absolute Gasteiger partial charge is 0.139 e. The van der Waals surface area contributed by atoms with Gasteiger partial charge in [0.25, 0.3) is 0 Å². The zero-order valence-electron chi connectivity index (χ0n) is 4.50. The summed E-state index contributed by atoms with van der Waals surface area (Å²) in [5, 5.41) is 11.7. The van der Waals surface area contributed by atoms with Crippen molar-refractivity contribution in [3.8, 4) is 0 Å². The molecule has 1 aliphatic rings. The van der Waals surface area contributed by atoms with Crippen LogP contribution in [-0.2, 0) is 4.79 Å². The maximum atomic E-state index is 10.00. The SMILES string of the molecule is O=CC1NCC[C@@H]1O. The first-order chi connectivity index (χ1) is 3.84. The van der Waals surface area contributed by atoms with Crippen molar-refractivity contribution in [2.75, 3.05) is 6.54 Å². The highest BCUT2D eigenvalue weighted by atomic mass is 16.3. The van der Waals surface area contributed by atoms with Crippen molar-refractivity contribution < 1.29 is 9.90 Å². The number of hydrogen-bond donors (Lipinski definition) is 2.